The van der Waals surface area contributed by atoms with Crippen LogP contribution in [0.15, 0.2) is 52.5 Å². The van der Waals surface area contributed by atoms with E-state index in [9.17, 15) is 18.0 Å². The van der Waals surface area contributed by atoms with Crippen molar-refractivity contribution in [1.29, 1.82) is 0 Å². The highest BCUT2D eigenvalue weighted by Gasteiger charge is 2.52. The molecule has 2 aromatic rings. The van der Waals surface area contributed by atoms with Crippen LogP contribution in [0.1, 0.15) is 48.9 Å². The number of ether oxygens (including phenoxy) is 1. The maximum absolute atomic E-state index is 13.2. The molecule has 0 bridgehead atoms. The summed E-state index contributed by atoms with van der Waals surface area (Å²) in [5.74, 6) is -1.12. The summed E-state index contributed by atoms with van der Waals surface area (Å²) in [6.07, 6.45) is -1.59. The third-order valence-electron chi connectivity index (χ3n) is 5.89. The molecule has 1 aliphatic rings. The van der Waals surface area contributed by atoms with Crippen molar-refractivity contribution in [3.63, 3.8) is 0 Å². The molecule has 0 aliphatic carbocycles. The summed E-state index contributed by atoms with van der Waals surface area (Å²) in [5, 5.41) is 3.38. The molecule has 1 heterocycles. The number of amides is 1. The number of allylic oxidation sites excluding steroid dienone is 1. The Morgan fingerprint density at radius 3 is 2.44 bits per heavy atom. The summed E-state index contributed by atoms with van der Waals surface area (Å²) in [4.78, 5) is 21.3. The van der Waals surface area contributed by atoms with Gasteiger partial charge in [-0.05, 0) is 68.5 Å². The van der Waals surface area contributed by atoms with Crippen LogP contribution in [0.25, 0.3) is 5.70 Å². The number of rotatable bonds is 5. The van der Waals surface area contributed by atoms with Gasteiger partial charge in [0.2, 0.25) is 5.91 Å². The molecular formula is C26H26Cl2F3N3O2. The fourth-order valence-electron chi connectivity index (χ4n) is 3.34. The van der Waals surface area contributed by atoms with Gasteiger partial charge >= 0.3 is 12.2 Å². The number of hydrogen-bond acceptors (Lipinski definition) is 4. The number of methoxy groups -OCH3 is 1. The Hall–Kier alpha value is -2.84. The monoisotopic (exact) mass is 539 g/mol. The Morgan fingerprint density at radius 1 is 1.08 bits per heavy atom. The molecule has 10 heteroatoms. The maximum Gasteiger partial charge on any atom is 0.402 e. The van der Waals surface area contributed by atoms with E-state index in [-0.39, 0.29) is 12.6 Å². The number of nitrogens with zero attached hydrogens (tertiary/aromatic N) is 2. The fraction of sp³-hybridized carbons (Fsp3) is 0.346. The fourth-order valence-corrected chi connectivity index (χ4v) is 3.74. The summed E-state index contributed by atoms with van der Waals surface area (Å²) < 4.78 is 44.9. The lowest BCUT2D eigenvalue weighted by molar-refractivity contribution is -0.211. The third kappa shape index (κ3) is 6.28. The number of nitrogens with one attached hydrogen (secondary N) is 1. The highest BCUT2D eigenvalue weighted by molar-refractivity contribution is 6.32. The molecule has 0 unspecified atom stereocenters. The highest BCUT2D eigenvalue weighted by Crippen LogP contribution is 2.37. The van der Waals surface area contributed by atoms with Gasteiger partial charge in [-0.2, -0.15) is 23.2 Å². The van der Waals surface area contributed by atoms with Gasteiger partial charge in [-0.3, -0.25) is 4.79 Å². The van der Waals surface area contributed by atoms with Gasteiger partial charge in [0.15, 0.2) is 0 Å². The molecule has 192 valence electrons. The van der Waals surface area contributed by atoms with Crippen LogP contribution in [0.2, 0.25) is 10.0 Å². The first-order chi connectivity index (χ1) is 16.8. The normalized spacial score (nSPS) is 14.8. The van der Waals surface area contributed by atoms with Crippen molar-refractivity contribution in [2.75, 3.05) is 7.11 Å². The van der Waals surface area contributed by atoms with Crippen LogP contribution in [-0.2, 0) is 16.1 Å². The summed E-state index contributed by atoms with van der Waals surface area (Å²) in [6.45, 7) is 3.50. The second kappa shape index (κ2) is 11.0. The first kappa shape index (κ1) is 27.7. The number of carbonyl (C=O) groups excluding carboxylic acids is 1. The Balaban J connectivity index is 1.87. The van der Waals surface area contributed by atoms with Crippen molar-refractivity contribution in [3.05, 3.63) is 74.8 Å². The minimum atomic E-state index is -4.67. The Kier molecular flexibility index (Phi) is 8.52. The SMILES string of the molecule is COC1=NC(c2cc(CNC(=O)C(C)(C)C(F)(F)F)ccc2Cl)=CCCC(c2ccc(C)c(Cl)c2)=N1. The molecular weight excluding hydrogens is 514 g/mol. The van der Waals surface area contributed by atoms with E-state index in [1.807, 2.05) is 31.2 Å². The molecule has 0 fully saturated rings. The van der Waals surface area contributed by atoms with E-state index in [0.717, 1.165) is 30.7 Å². The Labute approximate surface area is 218 Å². The predicted octanol–water partition coefficient (Wildman–Crippen LogP) is 7.13. The predicted molar refractivity (Wildman–Crippen MR) is 138 cm³/mol. The highest BCUT2D eigenvalue weighted by atomic mass is 35.5. The van der Waals surface area contributed by atoms with Gasteiger partial charge in [-0.15, -0.1) is 0 Å². The van der Waals surface area contributed by atoms with Gasteiger partial charge in [-0.1, -0.05) is 47.5 Å². The molecule has 0 atom stereocenters. The minimum Gasteiger partial charge on any atom is -0.467 e. The van der Waals surface area contributed by atoms with Crippen molar-refractivity contribution in [2.45, 2.75) is 46.3 Å². The van der Waals surface area contributed by atoms with Gasteiger partial charge in [-0.25, -0.2) is 0 Å². The summed E-state index contributed by atoms with van der Waals surface area (Å²) in [5.41, 5.74) is 1.70. The first-order valence-electron chi connectivity index (χ1n) is 11.1. The zero-order chi connectivity index (χ0) is 26.7. The quantitative estimate of drug-likeness (QED) is 0.439. The van der Waals surface area contributed by atoms with Crippen molar-refractivity contribution >= 4 is 46.5 Å². The van der Waals surface area contributed by atoms with Crippen LogP contribution in [-0.4, -0.2) is 30.9 Å². The standard InChI is InChI=1S/C26H26Cl2F3N3O2/c1-15-8-10-17(13-20(15)28)21-6-5-7-22(34-24(33-21)36-4)18-12-16(9-11-19(18)27)14-32-23(35)25(2,3)26(29,30)31/h7-13H,5-6,14H2,1-4H3,(H,32,35). The smallest absolute Gasteiger partial charge is 0.402 e. The summed E-state index contributed by atoms with van der Waals surface area (Å²) in [6, 6.07) is 10.8. The van der Waals surface area contributed by atoms with Gasteiger partial charge in [0, 0.05) is 22.2 Å². The number of carbonyl (C=O) groups is 1. The molecule has 36 heavy (non-hydrogen) atoms. The average molecular weight is 540 g/mol. The molecule has 0 saturated heterocycles. The van der Waals surface area contributed by atoms with Crippen LogP contribution in [0, 0.1) is 12.3 Å². The molecule has 0 spiro atoms. The Bertz CT molecular complexity index is 1250. The lowest BCUT2D eigenvalue weighted by atomic mass is 9.91. The molecule has 0 saturated carbocycles. The summed E-state index contributed by atoms with van der Waals surface area (Å²) >= 11 is 12.7. The molecule has 3 rings (SSSR count). The van der Waals surface area contributed by atoms with E-state index in [2.05, 4.69) is 15.3 Å². The van der Waals surface area contributed by atoms with Crippen molar-refractivity contribution < 1.29 is 22.7 Å². The van der Waals surface area contributed by atoms with Crippen molar-refractivity contribution in [2.24, 2.45) is 15.4 Å². The van der Waals surface area contributed by atoms with Crippen LogP contribution < -0.4 is 5.32 Å². The van der Waals surface area contributed by atoms with Crippen molar-refractivity contribution in [1.82, 2.24) is 5.32 Å². The molecule has 1 aliphatic heterocycles. The largest absolute Gasteiger partial charge is 0.467 e. The zero-order valence-electron chi connectivity index (χ0n) is 20.3. The average Bonchev–Trinajstić information content (AvgIpc) is 2.80. The number of benzene rings is 2. The maximum atomic E-state index is 13.2. The molecule has 0 aromatic heterocycles. The number of aliphatic imine (C=N–C) groups is 2. The van der Waals surface area contributed by atoms with Crippen LogP contribution in [0.3, 0.4) is 0 Å². The van der Waals surface area contributed by atoms with Crippen molar-refractivity contribution in [3.8, 4) is 0 Å². The number of alkyl halides is 3. The molecule has 0 radical (unpaired) electrons. The van der Waals surface area contributed by atoms with Crippen LogP contribution in [0.4, 0.5) is 13.2 Å². The van der Waals surface area contributed by atoms with Gasteiger partial charge < -0.3 is 10.1 Å². The van der Waals surface area contributed by atoms with Crippen LogP contribution >= 0.6 is 23.2 Å². The lowest BCUT2D eigenvalue weighted by Gasteiger charge is -2.26. The van der Waals surface area contributed by atoms with Gasteiger partial charge in [0.05, 0.1) is 18.5 Å². The van der Waals surface area contributed by atoms with E-state index in [1.54, 1.807) is 18.2 Å². The molecule has 1 amide bonds. The topological polar surface area (TPSA) is 63.0 Å². The van der Waals surface area contributed by atoms with Crippen LogP contribution in [0.5, 0.6) is 0 Å². The molecule has 1 N–H and O–H groups in total. The minimum absolute atomic E-state index is 0.104. The first-order valence-corrected chi connectivity index (χ1v) is 11.9. The number of halogens is 5. The number of hydrogen-bond donors (Lipinski definition) is 1. The lowest BCUT2D eigenvalue weighted by Crippen LogP contribution is -2.46. The number of aryl methyl sites for hydroxylation is 1. The van der Waals surface area contributed by atoms with Gasteiger partial charge in [0.1, 0.15) is 5.41 Å². The van der Waals surface area contributed by atoms with E-state index >= 15 is 0 Å². The van der Waals surface area contributed by atoms with E-state index in [0.29, 0.717) is 39.7 Å². The molecule has 5 nitrogen and oxygen atoms in total. The second-order valence-corrected chi connectivity index (χ2v) is 9.68. The summed E-state index contributed by atoms with van der Waals surface area (Å²) in [7, 11) is 1.46. The third-order valence-corrected chi connectivity index (χ3v) is 6.63. The number of amidine groups is 1. The van der Waals surface area contributed by atoms with E-state index < -0.39 is 17.5 Å². The Morgan fingerprint density at radius 2 is 1.81 bits per heavy atom. The van der Waals surface area contributed by atoms with E-state index in [1.165, 1.54) is 7.11 Å². The second-order valence-electron chi connectivity index (χ2n) is 8.87. The van der Waals surface area contributed by atoms with Gasteiger partial charge in [0.25, 0.3) is 0 Å². The molecule has 2 aromatic carbocycles. The van der Waals surface area contributed by atoms with E-state index in [4.69, 9.17) is 27.9 Å². The zero-order valence-corrected chi connectivity index (χ0v) is 21.8.